The van der Waals surface area contributed by atoms with E-state index in [1.807, 2.05) is 0 Å². The third-order valence-corrected chi connectivity index (χ3v) is 2.33. The summed E-state index contributed by atoms with van der Waals surface area (Å²) >= 11 is 2.97. The van der Waals surface area contributed by atoms with Crippen molar-refractivity contribution in [1.82, 2.24) is 4.98 Å². The van der Waals surface area contributed by atoms with E-state index in [0.29, 0.717) is 6.08 Å². The number of carbonyl (C=O) groups is 1. The Hall–Kier alpha value is -1.37. The molecule has 98 valence electrons. The quantitative estimate of drug-likeness (QED) is 0.486. The fourth-order valence-corrected chi connectivity index (χ4v) is 1.57. The number of carbonyl (C=O) groups excluding carboxylic acids is 1. The molecule has 1 rings (SSSR count). The van der Waals surface area contributed by atoms with Crippen molar-refractivity contribution in [1.29, 1.82) is 0 Å². The molecule has 0 N–H and O–H groups in total. The van der Waals surface area contributed by atoms with Gasteiger partial charge in [0.05, 0.1) is 12.2 Å². The van der Waals surface area contributed by atoms with E-state index < -0.39 is 17.7 Å². The SMILES string of the molecule is CCOC(=O)/C=C(/c1ccnc(Br)c1)C(F)(F)F. The average Bonchev–Trinajstić information content (AvgIpc) is 2.24. The van der Waals surface area contributed by atoms with Crippen LogP contribution in [0, 0.1) is 0 Å². The lowest BCUT2D eigenvalue weighted by Crippen LogP contribution is -2.13. The molecule has 0 saturated carbocycles. The Balaban J connectivity index is 3.19. The predicted molar refractivity (Wildman–Crippen MR) is 62.6 cm³/mol. The Morgan fingerprint density at radius 2 is 2.22 bits per heavy atom. The number of hydrogen-bond donors (Lipinski definition) is 0. The summed E-state index contributed by atoms with van der Waals surface area (Å²) in [5.74, 6) is -1.03. The van der Waals surface area contributed by atoms with Crippen molar-refractivity contribution in [2.75, 3.05) is 6.61 Å². The minimum Gasteiger partial charge on any atom is -0.463 e. The van der Waals surface area contributed by atoms with Crippen molar-refractivity contribution in [2.24, 2.45) is 0 Å². The Kier molecular flexibility index (Phi) is 4.89. The normalized spacial score (nSPS) is 12.4. The van der Waals surface area contributed by atoms with Crippen molar-refractivity contribution in [3.63, 3.8) is 0 Å². The number of nitrogens with zero attached hydrogens (tertiary/aromatic N) is 1. The van der Waals surface area contributed by atoms with Gasteiger partial charge in [-0.3, -0.25) is 0 Å². The molecule has 0 radical (unpaired) electrons. The number of rotatable bonds is 3. The van der Waals surface area contributed by atoms with Crippen LogP contribution < -0.4 is 0 Å². The Morgan fingerprint density at radius 1 is 1.56 bits per heavy atom. The van der Waals surface area contributed by atoms with E-state index >= 15 is 0 Å². The van der Waals surface area contributed by atoms with Gasteiger partial charge in [-0.15, -0.1) is 0 Å². The molecule has 0 aromatic carbocycles. The summed E-state index contributed by atoms with van der Waals surface area (Å²) in [6.45, 7) is 1.53. The largest absolute Gasteiger partial charge is 0.463 e. The van der Waals surface area contributed by atoms with Gasteiger partial charge in [0, 0.05) is 12.3 Å². The van der Waals surface area contributed by atoms with Gasteiger partial charge in [-0.2, -0.15) is 13.2 Å². The first-order valence-corrected chi connectivity index (χ1v) is 5.71. The maximum Gasteiger partial charge on any atom is 0.417 e. The Morgan fingerprint density at radius 3 is 2.72 bits per heavy atom. The monoisotopic (exact) mass is 323 g/mol. The topological polar surface area (TPSA) is 39.2 Å². The van der Waals surface area contributed by atoms with Crippen molar-refractivity contribution < 1.29 is 22.7 Å². The predicted octanol–water partition coefficient (Wildman–Crippen LogP) is 3.35. The lowest BCUT2D eigenvalue weighted by Gasteiger charge is -2.11. The van der Waals surface area contributed by atoms with Crippen LogP contribution in [0.3, 0.4) is 0 Å². The van der Waals surface area contributed by atoms with Gasteiger partial charge >= 0.3 is 12.1 Å². The van der Waals surface area contributed by atoms with Gasteiger partial charge in [-0.05, 0) is 40.5 Å². The van der Waals surface area contributed by atoms with Gasteiger partial charge in [0.1, 0.15) is 4.60 Å². The second-order valence-electron chi connectivity index (χ2n) is 3.18. The molecule has 3 nitrogen and oxygen atoms in total. The second-order valence-corrected chi connectivity index (χ2v) is 3.99. The van der Waals surface area contributed by atoms with E-state index in [1.165, 1.54) is 25.3 Å². The Bertz CT molecular complexity index is 472. The molecule has 1 aromatic heterocycles. The van der Waals surface area contributed by atoms with Gasteiger partial charge in [0.15, 0.2) is 0 Å². The fourth-order valence-electron chi connectivity index (χ4n) is 1.20. The molecule has 0 fully saturated rings. The zero-order chi connectivity index (χ0) is 13.8. The highest BCUT2D eigenvalue weighted by molar-refractivity contribution is 9.10. The lowest BCUT2D eigenvalue weighted by molar-refractivity contribution is -0.137. The summed E-state index contributed by atoms with van der Waals surface area (Å²) in [5.41, 5.74) is -1.22. The minimum atomic E-state index is -4.65. The molecule has 1 aromatic rings. The molecular formula is C11H9BrF3NO2. The first-order chi connectivity index (χ1) is 8.34. The molecular weight excluding hydrogens is 315 g/mol. The van der Waals surface area contributed by atoms with Crippen LogP contribution in [-0.2, 0) is 9.53 Å². The second kappa shape index (κ2) is 5.99. The van der Waals surface area contributed by atoms with E-state index in [9.17, 15) is 18.0 Å². The van der Waals surface area contributed by atoms with Crippen molar-refractivity contribution in [3.05, 3.63) is 34.6 Å². The molecule has 0 atom stereocenters. The van der Waals surface area contributed by atoms with Crippen LogP contribution in [0.1, 0.15) is 12.5 Å². The average molecular weight is 324 g/mol. The maximum absolute atomic E-state index is 12.8. The van der Waals surface area contributed by atoms with Crippen LogP contribution in [0.25, 0.3) is 5.57 Å². The van der Waals surface area contributed by atoms with E-state index in [0.717, 1.165) is 0 Å². The number of allylic oxidation sites excluding steroid dienone is 1. The number of pyridine rings is 1. The van der Waals surface area contributed by atoms with Crippen LogP contribution in [0.5, 0.6) is 0 Å². The van der Waals surface area contributed by atoms with Crippen LogP contribution in [0.15, 0.2) is 29.0 Å². The fraction of sp³-hybridized carbons (Fsp3) is 0.273. The molecule has 0 bridgehead atoms. The first kappa shape index (κ1) is 14.7. The highest BCUT2D eigenvalue weighted by Gasteiger charge is 2.35. The summed E-state index contributed by atoms with van der Waals surface area (Å²) in [7, 11) is 0. The van der Waals surface area contributed by atoms with E-state index in [-0.39, 0.29) is 16.8 Å². The van der Waals surface area contributed by atoms with Gasteiger partial charge in [0.2, 0.25) is 0 Å². The molecule has 7 heteroatoms. The van der Waals surface area contributed by atoms with E-state index in [2.05, 4.69) is 25.7 Å². The Labute approximate surface area is 110 Å². The minimum absolute atomic E-state index is 0.0144. The number of aromatic nitrogens is 1. The standard InChI is InChI=1S/C11H9BrF3NO2/c1-2-18-10(17)6-8(11(13,14)15)7-3-4-16-9(12)5-7/h3-6H,2H2,1H3/b8-6-. The molecule has 0 saturated heterocycles. The zero-order valence-electron chi connectivity index (χ0n) is 9.29. The van der Waals surface area contributed by atoms with Crippen LogP contribution >= 0.6 is 15.9 Å². The van der Waals surface area contributed by atoms with Crippen LogP contribution in [0.2, 0.25) is 0 Å². The molecule has 0 amide bonds. The summed E-state index contributed by atoms with van der Waals surface area (Å²) in [4.78, 5) is 14.9. The number of alkyl halides is 3. The molecule has 0 aliphatic rings. The maximum atomic E-state index is 12.8. The summed E-state index contributed by atoms with van der Waals surface area (Å²) in [6, 6.07) is 2.35. The lowest BCUT2D eigenvalue weighted by atomic mass is 10.1. The summed E-state index contributed by atoms with van der Waals surface area (Å²) < 4.78 is 43.2. The number of ether oxygens (including phenoxy) is 1. The van der Waals surface area contributed by atoms with Crippen molar-refractivity contribution >= 4 is 27.5 Å². The smallest absolute Gasteiger partial charge is 0.417 e. The van der Waals surface area contributed by atoms with Crippen LogP contribution in [0.4, 0.5) is 13.2 Å². The summed E-state index contributed by atoms with van der Waals surface area (Å²) in [5, 5.41) is 0. The summed E-state index contributed by atoms with van der Waals surface area (Å²) in [6.07, 6.45) is -3.00. The third-order valence-electron chi connectivity index (χ3n) is 1.89. The molecule has 18 heavy (non-hydrogen) atoms. The van der Waals surface area contributed by atoms with Crippen molar-refractivity contribution in [2.45, 2.75) is 13.1 Å². The molecule has 0 spiro atoms. The van der Waals surface area contributed by atoms with Gasteiger partial charge in [-0.25, -0.2) is 9.78 Å². The number of esters is 1. The highest BCUT2D eigenvalue weighted by atomic mass is 79.9. The number of halogens is 4. The van der Waals surface area contributed by atoms with Gasteiger partial charge in [-0.1, -0.05) is 0 Å². The third kappa shape index (κ3) is 4.14. The van der Waals surface area contributed by atoms with Crippen LogP contribution in [-0.4, -0.2) is 23.7 Å². The van der Waals surface area contributed by atoms with Gasteiger partial charge in [0.25, 0.3) is 0 Å². The van der Waals surface area contributed by atoms with Crippen molar-refractivity contribution in [3.8, 4) is 0 Å². The molecule has 0 aliphatic carbocycles. The highest BCUT2D eigenvalue weighted by Crippen LogP contribution is 2.34. The molecule has 0 aliphatic heterocycles. The first-order valence-electron chi connectivity index (χ1n) is 4.92. The molecule has 0 unspecified atom stereocenters. The number of hydrogen-bond acceptors (Lipinski definition) is 3. The zero-order valence-corrected chi connectivity index (χ0v) is 10.9. The van der Waals surface area contributed by atoms with E-state index in [1.54, 1.807) is 0 Å². The molecule has 1 heterocycles. The van der Waals surface area contributed by atoms with E-state index in [4.69, 9.17) is 0 Å². The van der Waals surface area contributed by atoms with Gasteiger partial charge < -0.3 is 4.74 Å².